The van der Waals surface area contributed by atoms with Gasteiger partial charge < -0.3 is 10.2 Å². The minimum Gasteiger partial charge on any atom is -0.326 e. The molecule has 3 rings (SSSR count). The second-order valence-corrected chi connectivity index (χ2v) is 6.15. The monoisotopic (exact) mass is 326 g/mol. The predicted octanol–water partition coefficient (Wildman–Crippen LogP) is 3.43. The Bertz CT molecular complexity index is 804. The fraction of sp³-hybridized carbons (Fsp3) is 0.263. The minimum atomic E-state index is -0.443. The average Bonchev–Trinajstić information content (AvgIpc) is 2.93. The van der Waals surface area contributed by atoms with Crippen molar-refractivity contribution in [3.8, 4) is 0 Å². The summed E-state index contributed by atoms with van der Waals surface area (Å²) in [6.45, 7) is 3.94. The third-order valence-corrected chi connectivity index (χ3v) is 4.34. The van der Waals surface area contributed by atoms with Crippen LogP contribution in [0.3, 0.4) is 0 Å². The lowest BCUT2D eigenvalue weighted by molar-refractivity contribution is -0.122. The van der Waals surface area contributed by atoms with Crippen LogP contribution in [0.15, 0.2) is 42.5 Å². The molecule has 24 heavy (non-hydrogen) atoms. The van der Waals surface area contributed by atoms with E-state index in [0.29, 0.717) is 17.8 Å². The average molecular weight is 326 g/mol. The van der Waals surface area contributed by atoms with E-state index >= 15 is 0 Å². The third-order valence-electron chi connectivity index (χ3n) is 4.34. The van der Waals surface area contributed by atoms with Crippen LogP contribution in [0.1, 0.15) is 17.5 Å². The van der Waals surface area contributed by atoms with Crippen molar-refractivity contribution in [2.45, 2.75) is 20.3 Å². The van der Waals surface area contributed by atoms with E-state index in [2.05, 4.69) is 5.32 Å². The highest BCUT2D eigenvalue weighted by Crippen LogP contribution is 2.28. The van der Waals surface area contributed by atoms with Crippen molar-refractivity contribution in [2.24, 2.45) is 5.92 Å². The van der Waals surface area contributed by atoms with E-state index in [1.165, 1.54) is 6.07 Å². The highest BCUT2D eigenvalue weighted by molar-refractivity contribution is 6.03. The molecule has 0 aliphatic carbocycles. The van der Waals surface area contributed by atoms with E-state index in [4.69, 9.17) is 0 Å². The van der Waals surface area contributed by atoms with Crippen LogP contribution in [0.5, 0.6) is 0 Å². The first-order valence-electron chi connectivity index (χ1n) is 7.88. The topological polar surface area (TPSA) is 49.4 Å². The number of rotatable bonds is 3. The van der Waals surface area contributed by atoms with Crippen LogP contribution >= 0.6 is 0 Å². The SMILES string of the molecule is Cc1ccc(NC(=O)[C@@H]2CC(=O)N(c3ccccc3C)C2)cc1F. The number of para-hydroxylation sites is 1. The molecular weight excluding hydrogens is 307 g/mol. The largest absolute Gasteiger partial charge is 0.326 e. The first kappa shape index (κ1) is 16.2. The van der Waals surface area contributed by atoms with Crippen molar-refractivity contribution in [3.63, 3.8) is 0 Å². The first-order chi connectivity index (χ1) is 11.5. The molecular formula is C19H19FN2O2. The lowest BCUT2D eigenvalue weighted by Gasteiger charge is -2.19. The summed E-state index contributed by atoms with van der Waals surface area (Å²) in [5, 5.41) is 2.70. The molecule has 1 aliphatic rings. The maximum atomic E-state index is 13.6. The van der Waals surface area contributed by atoms with E-state index in [0.717, 1.165) is 11.3 Å². The summed E-state index contributed by atoms with van der Waals surface area (Å²) in [6.07, 6.45) is 0.161. The van der Waals surface area contributed by atoms with Gasteiger partial charge in [-0.3, -0.25) is 9.59 Å². The van der Waals surface area contributed by atoms with Crippen LogP contribution in [-0.4, -0.2) is 18.4 Å². The number of carbonyl (C=O) groups is 2. The molecule has 5 heteroatoms. The summed E-state index contributed by atoms with van der Waals surface area (Å²) < 4.78 is 13.6. The Morgan fingerprint density at radius 1 is 1.17 bits per heavy atom. The zero-order valence-electron chi connectivity index (χ0n) is 13.7. The van der Waals surface area contributed by atoms with Crippen LogP contribution in [0.4, 0.5) is 15.8 Å². The van der Waals surface area contributed by atoms with E-state index in [9.17, 15) is 14.0 Å². The summed E-state index contributed by atoms with van der Waals surface area (Å²) in [5.74, 6) is -1.14. The van der Waals surface area contributed by atoms with Gasteiger partial charge in [0.2, 0.25) is 11.8 Å². The number of nitrogens with zero attached hydrogens (tertiary/aromatic N) is 1. The fourth-order valence-corrected chi connectivity index (χ4v) is 2.90. The molecule has 0 unspecified atom stereocenters. The standard InChI is InChI=1S/C19H19FN2O2/c1-12-7-8-15(10-16(12)20)21-19(24)14-9-18(23)22(11-14)17-6-4-3-5-13(17)2/h3-8,10,14H,9,11H2,1-2H3,(H,21,24)/t14-/m1/s1. The number of amides is 2. The highest BCUT2D eigenvalue weighted by Gasteiger charge is 2.35. The lowest BCUT2D eigenvalue weighted by Crippen LogP contribution is -2.28. The molecule has 0 bridgehead atoms. The molecule has 1 heterocycles. The molecule has 1 saturated heterocycles. The molecule has 0 radical (unpaired) electrons. The number of hydrogen-bond acceptors (Lipinski definition) is 2. The molecule has 2 amide bonds. The van der Waals surface area contributed by atoms with Crippen molar-refractivity contribution >= 4 is 23.2 Å². The molecule has 4 nitrogen and oxygen atoms in total. The maximum absolute atomic E-state index is 13.6. The summed E-state index contributed by atoms with van der Waals surface area (Å²) in [4.78, 5) is 26.3. The van der Waals surface area contributed by atoms with Gasteiger partial charge in [-0.1, -0.05) is 24.3 Å². The lowest BCUT2D eigenvalue weighted by atomic mass is 10.1. The van der Waals surface area contributed by atoms with E-state index < -0.39 is 5.92 Å². The van der Waals surface area contributed by atoms with Gasteiger partial charge in [0, 0.05) is 24.3 Å². The first-order valence-corrected chi connectivity index (χ1v) is 7.88. The Kier molecular flexibility index (Phi) is 4.34. The van der Waals surface area contributed by atoms with Gasteiger partial charge in [-0.15, -0.1) is 0 Å². The van der Waals surface area contributed by atoms with Crippen LogP contribution in [0.2, 0.25) is 0 Å². The number of carbonyl (C=O) groups excluding carboxylic acids is 2. The van der Waals surface area contributed by atoms with Crippen LogP contribution < -0.4 is 10.2 Å². The molecule has 2 aromatic carbocycles. The third kappa shape index (κ3) is 3.15. The van der Waals surface area contributed by atoms with Gasteiger partial charge in [0.1, 0.15) is 5.82 Å². The van der Waals surface area contributed by atoms with Gasteiger partial charge in [0.05, 0.1) is 5.92 Å². The van der Waals surface area contributed by atoms with Crippen molar-refractivity contribution in [2.75, 3.05) is 16.8 Å². The zero-order chi connectivity index (χ0) is 17.3. The molecule has 1 fully saturated rings. The predicted molar refractivity (Wildman–Crippen MR) is 91.4 cm³/mol. The normalized spacial score (nSPS) is 17.2. The molecule has 1 N–H and O–H groups in total. The molecule has 1 aliphatic heterocycles. The molecule has 0 spiro atoms. The van der Waals surface area contributed by atoms with Gasteiger partial charge >= 0.3 is 0 Å². The Hall–Kier alpha value is -2.69. The number of benzene rings is 2. The van der Waals surface area contributed by atoms with Crippen LogP contribution in [0.25, 0.3) is 0 Å². The second kappa shape index (κ2) is 6.43. The molecule has 1 atom stereocenters. The van der Waals surface area contributed by atoms with Gasteiger partial charge in [0.25, 0.3) is 0 Å². The van der Waals surface area contributed by atoms with Crippen LogP contribution in [-0.2, 0) is 9.59 Å². The van der Waals surface area contributed by atoms with Crippen LogP contribution in [0, 0.1) is 25.6 Å². The van der Waals surface area contributed by atoms with Crippen molar-refractivity contribution < 1.29 is 14.0 Å². The summed E-state index contributed by atoms with van der Waals surface area (Å²) in [5.41, 5.74) is 2.76. The number of anilines is 2. The van der Waals surface area contributed by atoms with Gasteiger partial charge in [0.15, 0.2) is 0 Å². The second-order valence-electron chi connectivity index (χ2n) is 6.15. The Morgan fingerprint density at radius 2 is 1.92 bits per heavy atom. The van der Waals surface area contributed by atoms with Crippen molar-refractivity contribution in [1.29, 1.82) is 0 Å². The van der Waals surface area contributed by atoms with Gasteiger partial charge in [-0.2, -0.15) is 0 Å². The molecule has 0 saturated carbocycles. The van der Waals surface area contributed by atoms with Crippen molar-refractivity contribution in [3.05, 3.63) is 59.4 Å². The molecule has 124 valence electrons. The quantitative estimate of drug-likeness (QED) is 0.939. The zero-order valence-corrected chi connectivity index (χ0v) is 13.7. The summed E-state index contributed by atoms with van der Waals surface area (Å²) in [6, 6.07) is 12.2. The smallest absolute Gasteiger partial charge is 0.229 e. The maximum Gasteiger partial charge on any atom is 0.229 e. The van der Waals surface area contributed by atoms with Gasteiger partial charge in [-0.25, -0.2) is 4.39 Å². The minimum absolute atomic E-state index is 0.0699. The van der Waals surface area contributed by atoms with E-state index in [1.54, 1.807) is 24.0 Å². The molecule has 2 aromatic rings. The molecule has 0 aromatic heterocycles. The Balaban J connectivity index is 1.72. The van der Waals surface area contributed by atoms with Gasteiger partial charge in [-0.05, 0) is 43.2 Å². The van der Waals surface area contributed by atoms with Crippen molar-refractivity contribution in [1.82, 2.24) is 0 Å². The summed E-state index contributed by atoms with van der Waals surface area (Å²) in [7, 11) is 0. The fourth-order valence-electron chi connectivity index (χ4n) is 2.90. The number of halogens is 1. The Morgan fingerprint density at radius 3 is 2.62 bits per heavy atom. The van der Waals surface area contributed by atoms with E-state index in [-0.39, 0.29) is 24.1 Å². The number of hydrogen-bond donors (Lipinski definition) is 1. The van der Waals surface area contributed by atoms with E-state index in [1.807, 2.05) is 31.2 Å². The summed E-state index contributed by atoms with van der Waals surface area (Å²) >= 11 is 0. The number of nitrogens with one attached hydrogen (secondary N) is 1. The number of aryl methyl sites for hydroxylation is 2. The Labute approximate surface area is 140 Å². The highest BCUT2D eigenvalue weighted by atomic mass is 19.1.